The Hall–Kier alpha value is -1.75. The molecule has 5 heteroatoms. The second-order valence-electron chi connectivity index (χ2n) is 5.20. The quantitative estimate of drug-likeness (QED) is 0.885. The molecule has 0 radical (unpaired) electrons. The Morgan fingerprint density at radius 1 is 1.38 bits per heavy atom. The summed E-state index contributed by atoms with van der Waals surface area (Å²) in [7, 11) is 0. The minimum Gasteiger partial charge on any atom is -0.350 e. The Kier molecular flexibility index (Phi) is 5.44. The van der Waals surface area contributed by atoms with Crippen molar-refractivity contribution in [3.63, 3.8) is 0 Å². The van der Waals surface area contributed by atoms with Crippen LogP contribution in [0, 0.1) is 5.82 Å². The molecule has 1 amide bonds. The lowest BCUT2D eigenvalue weighted by Crippen LogP contribution is -2.23. The fourth-order valence-electron chi connectivity index (χ4n) is 1.90. The van der Waals surface area contributed by atoms with E-state index in [0.29, 0.717) is 24.4 Å². The van der Waals surface area contributed by atoms with Gasteiger partial charge in [-0.15, -0.1) is 11.3 Å². The maximum atomic E-state index is 13.4. The van der Waals surface area contributed by atoms with Crippen LogP contribution in [0.2, 0.25) is 0 Å². The number of nitrogens with zero attached hydrogens (tertiary/aromatic N) is 1. The van der Waals surface area contributed by atoms with E-state index in [1.54, 1.807) is 29.5 Å². The van der Waals surface area contributed by atoms with E-state index in [4.69, 9.17) is 0 Å². The molecular weight excluding hydrogens is 287 g/mol. The molecule has 0 unspecified atom stereocenters. The number of aromatic nitrogens is 1. The molecule has 0 aliphatic heterocycles. The summed E-state index contributed by atoms with van der Waals surface area (Å²) in [5, 5.41) is 5.86. The van der Waals surface area contributed by atoms with Gasteiger partial charge in [-0.3, -0.25) is 4.79 Å². The van der Waals surface area contributed by atoms with Gasteiger partial charge in [-0.2, -0.15) is 0 Å². The molecule has 0 aliphatic carbocycles. The zero-order valence-electron chi connectivity index (χ0n) is 12.2. The fourth-order valence-corrected chi connectivity index (χ4v) is 2.73. The largest absolute Gasteiger partial charge is 0.350 e. The van der Waals surface area contributed by atoms with Gasteiger partial charge in [-0.05, 0) is 18.1 Å². The summed E-state index contributed by atoms with van der Waals surface area (Å²) in [6.45, 7) is 4.62. The third-order valence-electron chi connectivity index (χ3n) is 3.11. The minimum absolute atomic E-state index is 0.0858. The van der Waals surface area contributed by atoms with E-state index in [9.17, 15) is 9.18 Å². The molecule has 1 aromatic carbocycles. The summed E-state index contributed by atoms with van der Waals surface area (Å²) in [4.78, 5) is 16.2. The number of carbonyl (C=O) groups excluding carboxylic acids is 1. The Morgan fingerprint density at radius 3 is 2.81 bits per heavy atom. The molecule has 0 bridgehead atoms. The molecule has 1 aromatic heterocycles. The van der Waals surface area contributed by atoms with Gasteiger partial charge in [0.05, 0.1) is 17.2 Å². The van der Waals surface area contributed by atoms with E-state index in [-0.39, 0.29) is 18.1 Å². The summed E-state index contributed by atoms with van der Waals surface area (Å²) in [5.41, 5.74) is 1.45. The molecule has 2 rings (SSSR count). The van der Waals surface area contributed by atoms with Crippen molar-refractivity contribution in [3.8, 4) is 0 Å². The van der Waals surface area contributed by atoms with Crippen LogP contribution in [0.3, 0.4) is 0 Å². The average Bonchev–Trinajstić information content (AvgIpc) is 2.93. The lowest BCUT2D eigenvalue weighted by molar-refractivity contribution is -0.121. The highest BCUT2D eigenvalue weighted by molar-refractivity contribution is 7.09. The van der Waals surface area contributed by atoms with E-state index >= 15 is 0 Å². The summed E-state index contributed by atoms with van der Waals surface area (Å²) in [5.74, 6) is 0.0595. The highest BCUT2D eigenvalue weighted by Gasteiger charge is 2.08. The topological polar surface area (TPSA) is 42.0 Å². The van der Waals surface area contributed by atoms with E-state index in [1.165, 1.54) is 6.07 Å². The molecule has 2 aromatic rings. The predicted molar refractivity (Wildman–Crippen MR) is 82.8 cm³/mol. The van der Waals surface area contributed by atoms with Gasteiger partial charge in [-0.25, -0.2) is 9.37 Å². The summed E-state index contributed by atoms with van der Waals surface area (Å²) in [6.07, 6.45) is 0.689. The number of carbonyl (C=O) groups is 1. The maximum absolute atomic E-state index is 13.4. The van der Waals surface area contributed by atoms with Gasteiger partial charge >= 0.3 is 0 Å². The van der Waals surface area contributed by atoms with Crippen molar-refractivity contribution < 1.29 is 9.18 Å². The zero-order valence-corrected chi connectivity index (χ0v) is 13.0. The monoisotopic (exact) mass is 306 g/mol. The molecule has 1 heterocycles. The SMILES string of the molecule is CC(C)c1nc(CNC(=O)CCc2ccccc2F)cs1. The van der Waals surface area contributed by atoms with E-state index in [0.717, 1.165) is 10.7 Å². The molecule has 0 spiro atoms. The van der Waals surface area contributed by atoms with Crippen molar-refractivity contribution in [2.24, 2.45) is 0 Å². The second-order valence-corrected chi connectivity index (χ2v) is 6.09. The molecule has 0 aliphatic rings. The average molecular weight is 306 g/mol. The van der Waals surface area contributed by atoms with Gasteiger partial charge in [0.15, 0.2) is 0 Å². The second kappa shape index (κ2) is 7.31. The Balaban J connectivity index is 1.78. The number of rotatable bonds is 6. The number of aryl methyl sites for hydroxylation is 1. The third-order valence-corrected chi connectivity index (χ3v) is 4.30. The van der Waals surface area contributed by atoms with Crippen molar-refractivity contribution in [3.05, 3.63) is 51.7 Å². The Morgan fingerprint density at radius 2 is 2.14 bits per heavy atom. The highest BCUT2D eigenvalue weighted by Crippen LogP contribution is 2.19. The first-order chi connectivity index (χ1) is 10.1. The third kappa shape index (κ3) is 4.63. The van der Waals surface area contributed by atoms with Crippen LogP contribution in [-0.2, 0) is 17.8 Å². The number of hydrogen-bond donors (Lipinski definition) is 1. The van der Waals surface area contributed by atoms with Gasteiger partial charge in [0.2, 0.25) is 5.91 Å². The molecule has 21 heavy (non-hydrogen) atoms. The van der Waals surface area contributed by atoms with Crippen molar-refractivity contribution in [2.75, 3.05) is 0 Å². The first-order valence-corrected chi connectivity index (χ1v) is 7.88. The first kappa shape index (κ1) is 15.6. The fraction of sp³-hybridized carbons (Fsp3) is 0.375. The number of halogens is 1. The van der Waals surface area contributed by atoms with Crippen LogP contribution in [0.4, 0.5) is 4.39 Å². The van der Waals surface area contributed by atoms with Crippen LogP contribution in [0.5, 0.6) is 0 Å². The van der Waals surface area contributed by atoms with E-state index in [1.807, 2.05) is 5.38 Å². The standard InChI is InChI=1S/C16H19FN2OS/c1-11(2)16-19-13(10-21-16)9-18-15(20)8-7-12-5-3-4-6-14(12)17/h3-6,10-11H,7-9H2,1-2H3,(H,18,20). The van der Waals surface area contributed by atoms with E-state index in [2.05, 4.69) is 24.1 Å². The molecule has 0 atom stereocenters. The first-order valence-electron chi connectivity index (χ1n) is 7.00. The Bertz CT molecular complexity index is 610. The molecule has 0 saturated heterocycles. The highest BCUT2D eigenvalue weighted by atomic mass is 32.1. The number of nitrogens with one attached hydrogen (secondary N) is 1. The van der Waals surface area contributed by atoms with Crippen molar-refractivity contribution in [2.45, 2.75) is 39.2 Å². The van der Waals surface area contributed by atoms with Gasteiger partial charge in [0.25, 0.3) is 0 Å². The molecular formula is C16H19FN2OS. The van der Waals surface area contributed by atoms with Crippen molar-refractivity contribution >= 4 is 17.2 Å². The summed E-state index contributed by atoms with van der Waals surface area (Å²) < 4.78 is 13.4. The van der Waals surface area contributed by atoms with Gasteiger partial charge in [-0.1, -0.05) is 32.0 Å². The van der Waals surface area contributed by atoms with Crippen LogP contribution in [0.25, 0.3) is 0 Å². The lowest BCUT2D eigenvalue weighted by atomic mass is 10.1. The van der Waals surface area contributed by atoms with Crippen LogP contribution in [0.1, 0.15) is 42.5 Å². The van der Waals surface area contributed by atoms with E-state index < -0.39 is 0 Å². The zero-order chi connectivity index (χ0) is 15.2. The van der Waals surface area contributed by atoms with Gasteiger partial charge in [0, 0.05) is 17.7 Å². The smallest absolute Gasteiger partial charge is 0.220 e. The summed E-state index contributed by atoms with van der Waals surface area (Å²) in [6, 6.07) is 6.54. The predicted octanol–water partition coefficient (Wildman–Crippen LogP) is 3.65. The van der Waals surface area contributed by atoms with Gasteiger partial charge in [0.1, 0.15) is 5.82 Å². The molecule has 1 N–H and O–H groups in total. The molecule has 3 nitrogen and oxygen atoms in total. The number of hydrogen-bond acceptors (Lipinski definition) is 3. The molecule has 0 fully saturated rings. The minimum atomic E-state index is -0.258. The van der Waals surface area contributed by atoms with Crippen molar-refractivity contribution in [1.29, 1.82) is 0 Å². The van der Waals surface area contributed by atoms with Crippen molar-refractivity contribution in [1.82, 2.24) is 10.3 Å². The molecule has 112 valence electrons. The Labute approximate surface area is 128 Å². The van der Waals surface area contributed by atoms with Crippen LogP contribution < -0.4 is 5.32 Å². The number of thiazole rings is 1. The number of amides is 1. The molecule has 0 saturated carbocycles. The maximum Gasteiger partial charge on any atom is 0.220 e. The lowest BCUT2D eigenvalue weighted by Gasteiger charge is -2.04. The van der Waals surface area contributed by atoms with Crippen LogP contribution in [-0.4, -0.2) is 10.9 Å². The van der Waals surface area contributed by atoms with Crippen LogP contribution in [0.15, 0.2) is 29.6 Å². The normalized spacial score (nSPS) is 10.9. The number of benzene rings is 1. The van der Waals surface area contributed by atoms with Gasteiger partial charge < -0.3 is 5.32 Å². The summed E-state index contributed by atoms with van der Waals surface area (Å²) >= 11 is 1.61. The van der Waals surface area contributed by atoms with Crippen LogP contribution >= 0.6 is 11.3 Å².